The van der Waals surface area contributed by atoms with Crippen LogP contribution in [0.4, 0.5) is 5.13 Å². The van der Waals surface area contributed by atoms with Crippen LogP contribution in [-0.4, -0.2) is 50.5 Å². The molecule has 1 aliphatic heterocycles. The van der Waals surface area contributed by atoms with E-state index in [1.54, 1.807) is 23.0 Å². The predicted octanol–water partition coefficient (Wildman–Crippen LogP) is 1.53. The van der Waals surface area contributed by atoms with Crippen molar-refractivity contribution in [2.24, 2.45) is 5.92 Å². The van der Waals surface area contributed by atoms with Crippen molar-refractivity contribution in [1.82, 2.24) is 25.1 Å². The van der Waals surface area contributed by atoms with Gasteiger partial charge in [0.25, 0.3) is 0 Å². The fourth-order valence-electron chi connectivity index (χ4n) is 2.89. The van der Waals surface area contributed by atoms with Crippen LogP contribution in [0.5, 0.6) is 0 Å². The molecular formula is C16H22N6O2S. The molecule has 134 valence electrons. The molecule has 0 bridgehead atoms. The Morgan fingerprint density at radius 1 is 1.48 bits per heavy atom. The number of aryl methyl sites for hydroxylation is 2. The van der Waals surface area contributed by atoms with E-state index in [1.165, 1.54) is 11.3 Å². The SMILES string of the molecule is CCCc1nnc(N2CC(C(=O)N(C)Cc3ncc(C)[nH]3)CC2=O)s1. The number of nitrogens with one attached hydrogen (secondary N) is 1. The summed E-state index contributed by atoms with van der Waals surface area (Å²) in [6, 6.07) is 0. The van der Waals surface area contributed by atoms with Crippen LogP contribution in [0.25, 0.3) is 0 Å². The van der Waals surface area contributed by atoms with Crippen LogP contribution in [0.15, 0.2) is 6.20 Å². The maximum Gasteiger partial charge on any atom is 0.229 e. The van der Waals surface area contributed by atoms with Gasteiger partial charge in [-0.3, -0.25) is 14.5 Å². The van der Waals surface area contributed by atoms with Gasteiger partial charge in [0.05, 0.1) is 12.5 Å². The van der Waals surface area contributed by atoms with E-state index < -0.39 is 0 Å². The molecule has 1 aliphatic rings. The topological polar surface area (TPSA) is 95.1 Å². The van der Waals surface area contributed by atoms with Crippen molar-refractivity contribution in [3.63, 3.8) is 0 Å². The molecule has 3 rings (SSSR count). The second-order valence-electron chi connectivity index (χ2n) is 6.34. The monoisotopic (exact) mass is 362 g/mol. The van der Waals surface area contributed by atoms with Crippen molar-refractivity contribution in [3.8, 4) is 0 Å². The highest BCUT2D eigenvalue weighted by Crippen LogP contribution is 2.29. The maximum atomic E-state index is 12.7. The minimum absolute atomic E-state index is 0.0526. The van der Waals surface area contributed by atoms with Gasteiger partial charge >= 0.3 is 0 Å². The Balaban J connectivity index is 1.63. The highest BCUT2D eigenvalue weighted by Gasteiger charge is 2.38. The van der Waals surface area contributed by atoms with Crippen molar-refractivity contribution in [3.05, 3.63) is 22.7 Å². The number of amides is 2. The molecule has 1 N–H and O–H groups in total. The van der Waals surface area contributed by atoms with Crippen LogP contribution >= 0.6 is 11.3 Å². The minimum atomic E-state index is -0.355. The second kappa shape index (κ2) is 7.30. The maximum absolute atomic E-state index is 12.7. The number of aromatic nitrogens is 4. The van der Waals surface area contributed by atoms with Crippen molar-refractivity contribution in [2.45, 2.75) is 39.7 Å². The van der Waals surface area contributed by atoms with Crippen molar-refractivity contribution in [2.75, 3.05) is 18.5 Å². The summed E-state index contributed by atoms with van der Waals surface area (Å²) in [6.07, 6.45) is 3.79. The largest absolute Gasteiger partial charge is 0.345 e. The third kappa shape index (κ3) is 3.87. The molecule has 9 heteroatoms. The van der Waals surface area contributed by atoms with Gasteiger partial charge in [0.1, 0.15) is 10.8 Å². The molecule has 1 atom stereocenters. The lowest BCUT2D eigenvalue weighted by Gasteiger charge is -2.19. The molecule has 0 aromatic carbocycles. The first-order valence-corrected chi connectivity index (χ1v) is 9.17. The highest BCUT2D eigenvalue weighted by molar-refractivity contribution is 7.15. The van der Waals surface area contributed by atoms with Gasteiger partial charge in [-0.05, 0) is 13.3 Å². The van der Waals surface area contributed by atoms with Gasteiger partial charge < -0.3 is 9.88 Å². The van der Waals surface area contributed by atoms with Crippen LogP contribution in [-0.2, 0) is 22.6 Å². The van der Waals surface area contributed by atoms with Gasteiger partial charge in [0, 0.05) is 38.3 Å². The van der Waals surface area contributed by atoms with Crippen molar-refractivity contribution in [1.29, 1.82) is 0 Å². The molecule has 2 amide bonds. The lowest BCUT2D eigenvalue weighted by atomic mass is 10.1. The first kappa shape index (κ1) is 17.5. The van der Waals surface area contributed by atoms with Crippen molar-refractivity contribution < 1.29 is 9.59 Å². The number of hydrogen-bond acceptors (Lipinski definition) is 6. The second-order valence-corrected chi connectivity index (χ2v) is 7.38. The molecular weight excluding hydrogens is 340 g/mol. The quantitative estimate of drug-likeness (QED) is 0.841. The fraction of sp³-hybridized carbons (Fsp3) is 0.562. The van der Waals surface area contributed by atoms with Gasteiger partial charge in [0.2, 0.25) is 16.9 Å². The standard InChI is InChI=1S/C16H22N6O2S/c1-4-5-13-19-20-16(25-13)22-8-11(6-14(22)23)15(24)21(3)9-12-17-7-10(2)18-12/h7,11H,4-6,8-9H2,1-3H3,(H,17,18). The van der Waals surface area contributed by atoms with E-state index in [0.29, 0.717) is 18.2 Å². The number of nitrogens with zero attached hydrogens (tertiary/aromatic N) is 5. The molecule has 0 aliphatic carbocycles. The van der Waals surface area contributed by atoms with E-state index in [9.17, 15) is 9.59 Å². The fourth-order valence-corrected chi connectivity index (χ4v) is 3.85. The number of H-pyrrole nitrogens is 1. The zero-order valence-electron chi connectivity index (χ0n) is 14.7. The van der Waals surface area contributed by atoms with Crippen molar-refractivity contribution >= 4 is 28.3 Å². The summed E-state index contributed by atoms with van der Waals surface area (Å²) in [6.45, 7) is 4.75. The number of aromatic amines is 1. The lowest BCUT2D eigenvalue weighted by Crippen LogP contribution is -2.34. The van der Waals surface area contributed by atoms with Gasteiger partial charge in [0.15, 0.2) is 0 Å². The summed E-state index contributed by atoms with van der Waals surface area (Å²) in [7, 11) is 1.73. The Hall–Kier alpha value is -2.29. The van der Waals surface area contributed by atoms with Crippen LogP contribution in [0, 0.1) is 12.8 Å². The zero-order valence-corrected chi connectivity index (χ0v) is 15.5. The Morgan fingerprint density at radius 3 is 2.96 bits per heavy atom. The van der Waals surface area contributed by atoms with E-state index in [-0.39, 0.29) is 24.2 Å². The molecule has 0 saturated carbocycles. The van der Waals surface area contributed by atoms with E-state index in [0.717, 1.165) is 29.4 Å². The van der Waals surface area contributed by atoms with E-state index in [2.05, 4.69) is 27.1 Å². The average molecular weight is 362 g/mol. The Labute approximate surface area is 150 Å². The first-order chi connectivity index (χ1) is 12.0. The smallest absolute Gasteiger partial charge is 0.229 e. The van der Waals surface area contributed by atoms with E-state index in [1.807, 2.05) is 6.92 Å². The number of anilines is 1. The molecule has 0 radical (unpaired) electrons. The molecule has 0 spiro atoms. The molecule has 1 unspecified atom stereocenters. The number of carbonyl (C=O) groups is 2. The van der Waals surface area contributed by atoms with Crippen LogP contribution in [0.3, 0.4) is 0 Å². The molecule has 2 aromatic rings. The summed E-state index contributed by atoms with van der Waals surface area (Å²) >= 11 is 1.43. The number of imidazole rings is 1. The highest BCUT2D eigenvalue weighted by atomic mass is 32.1. The predicted molar refractivity (Wildman–Crippen MR) is 94.2 cm³/mol. The van der Waals surface area contributed by atoms with Crippen LogP contribution in [0.2, 0.25) is 0 Å². The molecule has 1 saturated heterocycles. The third-order valence-electron chi connectivity index (χ3n) is 4.14. The van der Waals surface area contributed by atoms with E-state index >= 15 is 0 Å². The summed E-state index contributed by atoms with van der Waals surface area (Å²) in [4.78, 5) is 35.5. The minimum Gasteiger partial charge on any atom is -0.345 e. The van der Waals surface area contributed by atoms with Crippen LogP contribution < -0.4 is 4.90 Å². The lowest BCUT2D eigenvalue weighted by molar-refractivity contribution is -0.135. The Bertz CT molecular complexity index is 770. The third-order valence-corrected chi connectivity index (χ3v) is 5.15. The molecule has 2 aromatic heterocycles. The van der Waals surface area contributed by atoms with Gasteiger partial charge in [-0.1, -0.05) is 18.3 Å². The number of rotatable bonds is 6. The first-order valence-electron chi connectivity index (χ1n) is 8.36. The number of hydrogen-bond donors (Lipinski definition) is 1. The van der Waals surface area contributed by atoms with Gasteiger partial charge in [-0.25, -0.2) is 4.98 Å². The van der Waals surface area contributed by atoms with Gasteiger partial charge in [-0.2, -0.15) is 0 Å². The zero-order chi connectivity index (χ0) is 18.0. The average Bonchev–Trinajstić information content (AvgIpc) is 3.28. The summed E-state index contributed by atoms with van der Waals surface area (Å²) in [5.74, 6) is 0.262. The summed E-state index contributed by atoms with van der Waals surface area (Å²) in [5, 5.41) is 9.74. The molecule has 1 fully saturated rings. The summed E-state index contributed by atoms with van der Waals surface area (Å²) in [5.41, 5.74) is 0.956. The molecule has 3 heterocycles. The molecule has 8 nitrogen and oxygen atoms in total. The van der Waals surface area contributed by atoms with E-state index in [4.69, 9.17) is 0 Å². The normalized spacial score (nSPS) is 17.3. The van der Waals surface area contributed by atoms with Gasteiger partial charge in [-0.15, -0.1) is 10.2 Å². The Kier molecular flexibility index (Phi) is 5.12. The number of carbonyl (C=O) groups excluding carboxylic acids is 2. The molecule has 25 heavy (non-hydrogen) atoms. The Morgan fingerprint density at radius 2 is 2.28 bits per heavy atom. The van der Waals surface area contributed by atoms with Crippen LogP contribution in [0.1, 0.15) is 36.3 Å². The summed E-state index contributed by atoms with van der Waals surface area (Å²) < 4.78 is 0.